The van der Waals surface area contributed by atoms with Gasteiger partial charge in [-0.1, -0.05) is 0 Å². The number of methoxy groups -OCH3 is 1. The van der Waals surface area contributed by atoms with Gasteiger partial charge in [-0.05, 0) is 28.7 Å². The minimum Gasteiger partial charge on any atom is -0.490 e. The Bertz CT molecular complexity index is 455. The Kier molecular flexibility index (Phi) is 2.10. The van der Waals surface area contributed by atoms with Gasteiger partial charge in [-0.15, -0.1) is 0 Å². The zero-order valence-electron chi connectivity index (χ0n) is 6.79. The number of pyridine rings is 1. The Morgan fingerprint density at radius 2 is 2.38 bits per heavy atom. The van der Waals surface area contributed by atoms with E-state index in [1.165, 1.54) is 13.2 Å². The van der Waals surface area contributed by atoms with Gasteiger partial charge in [-0.3, -0.25) is 4.40 Å². The molecule has 0 N–H and O–H groups in total. The van der Waals surface area contributed by atoms with Crippen LogP contribution in [0.1, 0.15) is 0 Å². The van der Waals surface area contributed by atoms with Gasteiger partial charge in [-0.2, -0.15) is 0 Å². The van der Waals surface area contributed by atoms with Gasteiger partial charge < -0.3 is 4.74 Å². The molecule has 0 spiro atoms. The highest BCUT2D eigenvalue weighted by Crippen LogP contribution is 2.23. The average Bonchev–Trinajstić information content (AvgIpc) is 2.48. The number of hydrogen-bond acceptors (Lipinski definition) is 2. The van der Waals surface area contributed by atoms with Crippen LogP contribution in [0.3, 0.4) is 0 Å². The number of halogens is 2. The molecule has 2 aromatic rings. The fraction of sp³-hybridized carbons (Fsp3) is 0.125. The van der Waals surface area contributed by atoms with Crippen LogP contribution in [-0.4, -0.2) is 16.5 Å². The smallest absolute Gasteiger partial charge is 0.198 e. The zero-order valence-corrected chi connectivity index (χ0v) is 8.95. The molecular formula is C8H6FIN2O. The molecule has 2 heterocycles. The zero-order chi connectivity index (χ0) is 9.42. The maximum absolute atomic E-state index is 13.1. The van der Waals surface area contributed by atoms with Gasteiger partial charge in [-0.25, -0.2) is 9.37 Å². The second-order valence-electron chi connectivity index (χ2n) is 2.47. The SMILES string of the molecule is COc1c(F)ccn2c(I)cnc12. The van der Waals surface area contributed by atoms with Gasteiger partial charge >= 0.3 is 0 Å². The van der Waals surface area contributed by atoms with E-state index in [0.29, 0.717) is 5.65 Å². The highest BCUT2D eigenvalue weighted by atomic mass is 127. The van der Waals surface area contributed by atoms with Crippen LogP contribution in [0.5, 0.6) is 5.75 Å². The van der Waals surface area contributed by atoms with E-state index in [2.05, 4.69) is 27.6 Å². The quantitative estimate of drug-likeness (QED) is 0.752. The molecule has 0 bridgehead atoms. The average molecular weight is 292 g/mol. The number of fused-ring (bicyclic) bond motifs is 1. The van der Waals surface area contributed by atoms with Crippen LogP contribution >= 0.6 is 22.6 Å². The normalized spacial score (nSPS) is 10.7. The lowest BCUT2D eigenvalue weighted by molar-refractivity contribution is 0.388. The lowest BCUT2D eigenvalue weighted by atomic mass is 10.4. The first-order valence-corrected chi connectivity index (χ1v) is 4.67. The third-order valence-corrected chi connectivity index (χ3v) is 2.54. The first kappa shape index (κ1) is 8.74. The van der Waals surface area contributed by atoms with Gasteiger partial charge in [0, 0.05) is 6.20 Å². The Hall–Kier alpha value is -0.850. The lowest BCUT2D eigenvalue weighted by Gasteiger charge is -2.03. The van der Waals surface area contributed by atoms with Crippen molar-refractivity contribution < 1.29 is 9.13 Å². The molecule has 2 rings (SSSR count). The van der Waals surface area contributed by atoms with Crippen molar-refractivity contribution in [2.24, 2.45) is 0 Å². The minimum atomic E-state index is -0.392. The Balaban J connectivity index is 2.85. The van der Waals surface area contributed by atoms with Gasteiger partial charge in [0.2, 0.25) is 0 Å². The number of nitrogens with zero attached hydrogens (tertiary/aromatic N) is 2. The monoisotopic (exact) mass is 292 g/mol. The Morgan fingerprint density at radius 3 is 3.08 bits per heavy atom. The molecule has 5 heteroatoms. The summed E-state index contributed by atoms with van der Waals surface area (Å²) in [5, 5.41) is 0. The number of imidazole rings is 1. The maximum Gasteiger partial charge on any atom is 0.198 e. The van der Waals surface area contributed by atoms with Crippen LogP contribution in [0, 0.1) is 9.52 Å². The van der Waals surface area contributed by atoms with E-state index in [0.717, 1.165) is 3.70 Å². The minimum absolute atomic E-state index is 0.186. The predicted octanol–water partition coefficient (Wildman–Crippen LogP) is 2.09. The molecule has 68 valence electrons. The second-order valence-corrected chi connectivity index (χ2v) is 3.58. The van der Waals surface area contributed by atoms with E-state index in [9.17, 15) is 4.39 Å². The number of hydrogen-bond donors (Lipinski definition) is 0. The third-order valence-electron chi connectivity index (χ3n) is 1.75. The van der Waals surface area contributed by atoms with Crippen LogP contribution in [0.15, 0.2) is 18.5 Å². The number of rotatable bonds is 1. The van der Waals surface area contributed by atoms with E-state index in [4.69, 9.17) is 4.74 Å². The van der Waals surface area contributed by atoms with E-state index >= 15 is 0 Å². The summed E-state index contributed by atoms with van der Waals surface area (Å²) in [6.07, 6.45) is 3.29. The van der Waals surface area contributed by atoms with Crippen molar-refractivity contribution in [3.8, 4) is 5.75 Å². The fourth-order valence-electron chi connectivity index (χ4n) is 1.16. The largest absolute Gasteiger partial charge is 0.490 e. The first-order valence-electron chi connectivity index (χ1n) is 3.59. The lowest BCUT2D eigenvalue weighted by Crippen LogP contribution is -1.94. The molecule has 0 aliphatic heterocycles. The molecule has 2 aromatic heterocycles. The molecular weight excluding hydrogens is 286 g/mol. The van der Waals surface area contributed by atoms with Crippen molar-refractivity contribution in [1.29, 1.82) is 0 Å². The summed E-state index contributed by atoms with van der Waals surface area (Å²) in [5.41, 5.74) is 0.506. The molecule has 0 atom stereocenters. The summed E-state index contributed by atoms with van der Waals surface area (Å²) < 4.78 is 20.7. The fourth-order valence-corrected chi connectivity index (χ4v) is 1.69. The van der Waals surface area contributed by atoms with E-state index < -0.39 is 5.82 Å². The number of aromatic nitrogens is 2. The Morgan fingerprint density at radius 1 is 1.62 bits per heavy atom. The third kappa shape index (κ3) is 1.27. The highest BCUT2D eigenvalue weighted by Gasteiger charge is 2.10. The molecule has 13 heavy (non-hydrogen) atoms. The number of ether oxygens (including phenoxy) is 1. The molecule has 3 nitrogen and oxygen atoms in total. The van der Waals surface area contributed by atoms with Crippen molar-refractivity contribution in [2.75, 3.05) is 7.11 Å². The van der Waals surface area contributed by atoms with Gasteiger partial charge in [0.15, 0.2) is 17.2 Å². The standard InChI is InChI=1S/C8H6FIN2O/c1-13-7-5(9)2-3-12-6(10)4-11-8(7)12/h2-4H,1H3. The summed E-state index contributed by atoms with van der Waals surface area (Å²) in [6, 6.07) is 1.36. The molecule has 0 amide bonds. The molecule has 0 saturated heterocycles. The van der Waals surface area contributed by atoms with Gasteiger partial charge in [0.1, 0.15) is 3.70 Å². The topological polar surface area (TPSA) is 26.5 Å². The summed E-state index contributed by atoms with van der Waals surface area (Å²) in [6.45, 7) is 0. The van der Waals surface area contributed by atoms with Crippen LogP contribution in [0.2, 0.25) is 0 Å². The second kappa shape index (κ2) is 3.13. The van der Waals surface area contributed by atoms with Crippen molar-refractivity contribution in [1.82, 2.24) is 9.38 Å². The van der Waals surface area contributed by atoms with Crippen LogP contribution in [0.25, 0.3) is 5.65 Å². The van der Waals surface area contributed by atoms with E-state index in [1.54, 1.807) is 16.8 Å². The van der Waals surface area contributed by atoms with Crippen LogP contribution in [0.4, 0.5) is 4.39 Å². The van der Waals surface area contributed by atoms with Crippen LogP contribution < -0.4 is 4.74 Å². The molecule has 0 aliphatic rings. The summed E-state index contributed by atoms with van der Waals surface area (Å²) in [5.74, 6) is -0.206. The molecule has 0 aromatic carbocycles. The summed E-state index contributed by atoms with van der Waals surface area (Å²) in [7, 11) is 1.43. The molecule has 0 unspecified atom stereocenters. The molecule has 0 aliphatic carbocycles. The highest BCUT2D eigenvalue weighted by molar-refractivity contribution is 14.1. The van der Waals surface area contributed by atoms with Gasteiger partial charge in [0.25, 0.3) is 0 Å². The first-order chi connectivity index (χ1) is 6.24. The van der Waals surface area contributed by atoms with Crippen molar-refractivity contribution >= 4 is 28.2 Å². The molecule has 0 saturated carbocycles. The van der Waals surface area contributed by atoms with Gasteiger partial charge in [0.05, 0.1) is 13.3 Å². The van der Waals surface area contributed by atoms with Crippen LogP contribution in [-0.2, 0) is 0 Å². The van der Waals surface area contributed by atoms with Crippen molar-refractivity contribution in [3.63, 3.8) is 0 Å². The maximum atomic E-state index is 13.1. The molecule has 0 radical (unpaired) electrons. The van der Waals surface area contributed by atoms with E-state index in [-0.39, 0.29) is 5.75 Å². The van der Waals surface area contributed by atoms with E-state index in [1.807, 2.05) is 0 Å². The van der Waals surface area contributed by atoms with Crippen molar-refractivity contribution in [3.05, 3.63) is 28.0 Å². The summed E-state index contributed by atoms with van der Waals surface area (Å²) in [4.78, 5) is 4.04. The van der Waals surface area contributed by atoms with Crippen molar-refractivity contribution in [2.45, 2.75) is 0 Å². The predicted molar refractivity (Wildman–Crippen MR) is 54.4 cm³/mol. The molecule has 0 fully saturated rings. The Labute approximate surface area is 87.7 Å². The summed E-state index contributed by atoms with van der Waals surface area (Å²) >= 11 is 2.12.